The van der Waals surface area contributed by atoms with Crippen molar-refractivity contribution >= 4 is 34.0 Å². The third-order valence-corrected chi connectivity index (χ3v) is 5.48. The second-order valence-electron chi connectivity index (χ2n) is 7.38. The quantitative estimate of drug-likeness (QED) is 0.576. The lowest BCUT2D eigenvalue weighted by Crippen LogP contribution is -2.54. The molecule has 0 fully saturated rings. The molecule has 1 amide bonds. The van der Waals surface area contributed by atoms with Crippen LogP contribution in [0.2, 0.25) is 0 Å². The van der Waals surface area contributed by atoms with E-state index in [-0.39, 0.29) is 21.9 Å². The number of likely N-dealkylation sites (N-methyl/N-ethyl adjacent to an activating group) is 1. The molecule has 4 rings (SSSR count). The normalized spacial score (nSPS) is 18.4. The summed E-state index contributed by atoms with van der Waals surface area (Å²) in [6.45, 7) is 2.55. The molecule has 1 aromatic heterocycles. The number of aromatic nitrogens is 1. The molecule has 0 bridgehead atoms. The molecule has 156 valence electrons. The van der Waals surface area contributed by atoms with E-state index in [1.807, 2.05) is 61.5 Å². The number of rotatable bonds is 7. The standard InChI is InChI=1S/C24H22N4O3/c1-2-28(13-12-17-8-4-3-5-9-17)23(29)20(14-21(27-28)24(30)31)26-22-16-25-15-18-10-6-7-11-19(18)22/h3-11,14-16H,2,12-13H2,1H3,(H-,26,27,30,31)/p+1. The van der Waals surface area contributed by atoms with Crippen molar-refractivity contribution in [2.24, 2.45) is 5.10 Å². The fourth-order valence-electron chi connectivity index (χ4n) is 3.74. The zero-order valence-electron chi connectivity index (χ0n) is 17.2. The molecule has 1 unspecified atom stereocenters. The summed E-state index contributed by atoms with van der Waals surface area (Å²) in [5.74, 6) is -1.44. The SMILES string of the molecule is CC[N+]1(CCc2ccccc2)N=C(C(=O)O)C=C(Nc2cncc3ccccc23)C1=O. The highest BCUT2D eigenvalue weighted by Crippen LogP contribution is 2.27. The van der Waals surface area contributed by atoms with Crippen LogP contribution in [0.3, 0.4) is 0 Å². The summed E-state index contributed by atoms with van der Waals surface area (Å²) in [5.41, 5.74) is 1.75. The van der Waals surface area contributed by atoms with Crippen LogP contribution in [-0.2, 0) is 16.0 Å². The van der Waals surface area contributed by atoms with Gasteiger partial charge in [-0.3, -0.25) is 4.98 Å². The van der Waals surface area contributed by atoms with Gasteiger partial charge in [0.1, 0.15) is 18.8 Å². The number of aliphatic carboxylic acids is 1. The highest BCUT2D eigenvalue weighted by molar-refractivity contribution is 6.41. The Balaban J connectivity index is 1.70. The Bertz CT molecular complexity index is 1200. The summed E-state index contributed by atoms with van der Waals surface area (Å²) >= 11 is 0. The number of carbonyl (C=O) groups is 2. The van der Waals surface area contributed by atoms with Crippen molar-refractivity contribution in [3.63, 3.8) is 0 Å². The lowest BCUT2D eigenvalue weighted by Gasteiger charge is -2.32. The van der Waals surface area contributed by atoms with Crippen molar-refractivity contribution in [3.05, 3.63) is 84.3 Å². The number of pyridine rings is 1. The second-order valence-corrected chi connectivity index (χ2v) is 7.38. The number of carbonyl (C=O) groups excluding carboxylic acids is 1. The third-order valence-electron chi connectivity index (χ3n) is 5.48. The predicted octanol–water partition coefficient (Wildman–Crippen LogP) is 3.59. The van der Waals surface area contributed by atoms with E-state index in [0.29, 0.717) is 25.2 Å². The Hall–Kier alpha value is -3.84. The maximum absolute atomic E-state index is 13.5. The fraction of sp³-hybridized carbons (Fsp3) is 0.167. The molecular weight excluding hydrogens is 392 g/mol. The number of amides is 1. The maximum Gasteiger partial charge on any atom is 0.388 e. The molecule has 1 aliphatic rings. The molecule has 7 nitrogen and oxygen atoms in total. The molecule has 3 aromatic rings. The minimum Gasteiger partial charge on any atom is -0.476 e. The Morgan fingerprint density at radius 2 is 1.81 bits per heavy atom. The summed E-state index contributed by atoms with van der Waals surface area (Å²) < 4.78 is -0.312. The number of nitrogens with one attached hydrogen (secondary N) is 1. The first-order valence-corrected chi connectivity index (χ1v) is 10.1. The Labute approximate surface area is 179 Å². The van der Waals surface area contributed by atoms with Gasteiger partial charge in [0.25, 0.3) is 0 Å². The minimum absolute atomic E-state index is 0.148. The lowest BCUT2D eigenvalue weighted by atomic mass is 10.1. The minimum atomic E-state index is -1.17. The molecule has 7 heteroatoms. The van der Waals surface area contributed by atoms with E-state index in [2.05, 4.69) is 15.4 Å². The molecule has 1 aliphatic heterocycles. The molecule has 31 heavy (non-hydrogen) atoms. The van der Waals surface area contributed by atoms with Crippen LogP contribution >= 0.6 is 0 Å². The van der Waals surface area contributed by atoms with Crippen LogP contribution in [0.4, 0.5) is 5.69 Å². The molecule has 2 N–H and O–H groups in total. The van der Waals surface area contributed by atoms with Gasteiger partial charge in [-0.25, -0.2) is 9.59 Å². The number of carboxylic acid groups (broad SMARTS) is 1. The summed E-state index contributed by atoms with van der Waals surface area (Å²) in [7, 11) is 0. The van der Waals surface area contributed by atoms with Crippen LogP contribution in [0.15, 0.2) is 83.9 Å². The number of nitrogens with zero attached hydrogens (tertiary/aromatic N) is 3. The number of fused-ring (bicyclic) bond motifs is 1. The maximum atomic E-state index is 13.5. The monoisotopic (exact) mass is 415 g/mol. The average molecular weight is 415 g/mol. The van der Waals surface area contributed by atoms with Crippen molar-refractivity contribution in [1.29, 1.82) is 0 Å². The van der Waals surface area contributed by atoms with Crippen LogP contribution in [0.5, 0.6) is 0 Å². The number of carboxylic acids is 1. The Morgan fingerprint density at radius 1 is 1.06 bits per heavy atom. The third kappa shape index (κ3) is 4.08. The second kappa shape index (κ2) is 8.49. The van der Waals surface area contributed by atoms with E-state index in [0.717, 1.165) is 16.3 Å². The van der Waals surface area contributed by atoms with Crippen molar-refractivity contribution in [3.8, 4) is 0 Å². The first-order chi connectivity index (χ1) is 15.0. The number of quaternary nitrogens is 1. The zero-order chi connectivity index (χ0) is 21.8. The van der Waals surface area contributed by atoms with Gasteiger partial charge in [-0.05, 0) is 12.5 Å². The van der Waals surface area contributed by atoms with Gasteiger partial charge in [0, 0.05) is 29.5 Å². The van der Waals surface area contributed by atoms with Crippen molar-refractivity contribution in [1.82, 2.24) is 4.98 Å². The van der Waals surface area contributed by atoms with Gasteiger partial charge in [-0.1, -0.05) is 59.7 Å². The Kier molecular flexibility index (Phi) is 5.60. The molecule has 2 aromatic carbocycles. The van der Waals surface area contributed by atoms with Gasteiger partial charge in [0.05, 0.1) is 11.9 Å². The Morgan fingerprint density at radius 3 is 2.55 bits per heavy atom. The average Bonchev–Trinajstić information content (AvgIpc) is 2.80. The zero-order valence-corrected chi connectivity index (χ0v) is 17.2. The van der Waals surface area contributed by atoms with Crippen molar-refractivity contribution < 1.29 is 19.3 Å². The van der Waals surface area contributed by atoms with Crippen LogP contribution < -0.4 is 5.32 Å². The number of anilines is 1. The molecule has 0 saturated carbocycles. The molecule has 0 radical (unpaired) electrons. The van der Waals surface area contributed by atoms with Crippen molar-refractivity contribution in [2.75, 3.05) is 18.4 Å². The molecule has 0 aliphatic carbocycles. The summed E-state index contributed by atoms with van der Waals surface area (Å²) in [5, 5.41) is 19.0. The summed E-state index contributed by atoms with van der Waals surface area (Å²) in [6.07, 6.45) is 5.28. The van der Waals surface area contributed by atoms with Gasteiger partial charge in [0.15, 0.2) is 0 Å². The lowest BCUT2D eigenvalue weighted by molar-refractivity contribution is -0.857. The predicted molar refractivity (Wildman–Crippen MR) is 119 cm³/mol. The molecule has 1 atom stereocenters. The van der Waals surface area contributed by atoms with Gasteiger partial charge in [-0.2, -0.15) is 0 Å². The first-order valence-electron chi connectivity index (χ1n) is 10.1. The van der Waals surface area contributed by atoms with Crippen LogP contribution in [0.25, 0.3) is 10.8 Å². The molecule has 0 saturated heterocycles. The van der Waals surface area contributed by atoms with Crippen molar-refractivity contribution in [2.45, 2.75) is 13.3 Å². The van der Waals surface area contributed by atoms with Crippen LogP contribution in [0, 0.1) is 0 Å². The smallest absolute Gasteiger partial charge is 0.388 e. The highest BCUT2D eigenvalue weighted by atomic mass is 16.4. The fourth-order valence-corrected chi connectivity index (χ4v) is 3.74. The van der Waals surface area contributed by atoms with E-state index >= 15 is 0 Å². The van der Waals surface area contributed by atoms with E-state index in [1.54, 1.807) is 12.4 Å². The number of hydrogen-bond acceptors (Lipinski definition) is 5. The topological polar surface area (TPSA) is 91.7 Å². The van der Waals surface area contributed by atoms with Gasteiger partial charge in [0.2, 0.25) is 5.71 Å². The highest BCUT2D eigenvalue weighted by Gasteiger charge is 2.43. The van der Waals surface area contributed by atoms with Gasteiger partial charge >= 0.3 is 11.9 Å². The van der Waals surface area contributed by atoms with E-state index in [4.69, 9.17) is 0 Å². The number of benzene rings is 2. The van der Waals surface area contributed by atoms with Crippen LogP contribution in [-0.4, -0.2) is 45.4 Å². The van der Waals surface area contributed by atoms with Crippen LogP contribution in [0.1, 0.15) is 12.5 Å². The summed E-state index contributed by atoms with van der Waals surface area (Å²) in [6, 6.07) is 17.5. The van der Waals surface area contributed by atoms with Gasteiger partial charge in [-0.15, -0.1) is 4.59 Å². The molecule has 2 heterocycles. The number of hydrogen-bond donors (Lipinski definition) is 2. The van der Waals surface area contributed by atoms with E-state index in [9.17, 15) is 14.7 Å². The van der Waals surface area contributed by atoms with E-state index in [1.165, 1.54) is 6.08 Å². The molecule has 0 spiro atoms. The molecular formula is C24H23N4O3+. The summed E-state index contributed by atoms with van der Waals surface area (Å²) in [4.78, 5) is 29.6. The van der Waals surface area contributed by atoms with E-state index < -0.39 is 5.97 Å². The largest absolute Gasteiger partial charge is 0.476 e. The first kappa shape index (κ1) is 20.4. The van der Waals surface area contributed by atoms with Gasteiger partial charge < -0.3 is 10.4 Å².